The van der Waals surface area contributed by atoms with E-state index in [1.165, 1.54) is 11.1 Å². The highest BCUT2D eigenvalue weighted by Gasteiger charge is 2.42. The molecule has 8 heteroatoms. The molecule has 176 valence electrons. The summed E-state index contributed by atoms with van der Waals surface area (Å²) in [5.74, 6) is -0.580. The lowest BCUT2D eigenvalue weighted by Crippen LogP contribution is -2.58. The fourth-order valence-electron chi connectivity index (χ4n) is 4.64. The average Bonchev–Trinajstić information content (AvgIpc) is 3.26. The smallest absolute Gasteiger partial charge is 0.260 e. The minimum absolute atomic E-state index is 0.0294. The Labute approximate surface area is 191 Å². The molecular weight excluding hydrogens is 406 g/mol. The van der Waals surface area contributed by atoms with Crippen molar-refractivity contribution in [3.8, 4) is 0 Å². The summed E-state index contributed by atoms with van der Waals surface area (Å²) in [7, 11) is 1.70. The maximum absolute atomic E-state index is 13.5. The van der Waals surface area contributed by atoms with Gasteiger partial charge in [-0.25, -0.2) is 5.01 Å². The Morgan fingerprint density at radius 3 is 2.59 bits per heavy atom. The normalized spacial score (nSPS) is 22.7. The first-order valence-corrected chi connectivity index (χ1v) is 11.8. The van der Waals surface area contributed by atoms with E-state index in [9.17, 15) is 14.4 Å². The van der Waals surface area contributed by atoms with Crippen molar-refractivity contribution in [2.45, 2.75) is 77.0 Å². The van der Waals surface area contributed by atoms with Crippen LogP contribution in [-0.4, -0.2) is 66.0 Å². The van der Waals surface area contributed by atoms with E-state index in [1.54, 1.807) is 19.0 Å². The minimum atomic E-state index is -0.670. The number of hydrogen-bond acceptors (Lipinski definition) is 5. The van der Waals surface area contributed by atoms with Gasteiger partial charge in [-0.15, -0.1) is 0 Å². The van der Waals surface area contributed by atoms with Crippen molar-refractivity contribution >= 4 is 17.7 Å². The van der Waals surface area contributed by atoms with Gasteiger partial charge in [0.15, 0.2) is 0 Å². The molecule has 1 aliphatic carbocycles. The summed E-state index contributed by atoms with van der Waals surface area (Å²) in [6.45, 7) is 6.85. The van der Waals surface area contributed by atoms with Crippen LogP contribution in [0.1, 0.15) is 63.6 Å². The molecule has 1 saturated heterocycles. The summed E-state index contributed by atoms with van der Waals surface area (Å²) in [6, 6.07) is 6.59. The zero-order valence-electron chi connectivity index (χ0n) is 19.7. The number of fused-ring (bicyclic) bond motifs is 1. The number of carbonyl (C=O) groups excluding carboxylic acids is 3. The minimum Gasteiger partial charge on any atom is -0.347 e. The predicted molar refractivity (Wildman–Crippen MR) is 124 cm³/mol. The van der Waals surface area contributed by atoms with Gasteiger partial charge >= 0.3 is 0 Å². The molecule has 1 aromatic carbocycles. The number of benzene rings is 1. The van der Waals surface area contributed by atoms with E-state index in [0.29, 0.717) is 25.9 Å². The molecule has 2 aliphatic rings. The summed E-state index contributed by atoms with van der Waals surface area (Å²) < 4.78 is 0. The van der Waals surface area contributed by atoms with E-state index in [1.807, 2.05) is 31.0 Å². The predicted octanol–water partition coefficient (Wildman–Crippen LogP) is 1.52. The van der Waals surface area contributed by atoms with E-state index in [-0.39, 0.29) is 23.8 Å². The van der Waals surface area contributed by atoms with Crippen LogP contribution in [0.25, 0.3) is 0 Å². The Bertz CT molecular complexity index is 830. The molecule has 3 N–H and O–H groups in total. The number of hydrazine groups is 1. The van der Waals surface area contributed by atoms with Crippen LogP contribution in [0.2, 0.25) is 0 Å². The zero-order chi connectivity index (χ0) is 23.3. The van der Waals surface area contributed by atoms with Crippen molar-refractivity contribution in [1.82, 2.24) is 26.0 Å². The maximum Gasteiger partial charge on any atom is 0.260 e. The fourth-order valence-corrected chi connectivity index (χ4v) is 4.64. The second-order valence-electron chi connectivity index (χ2n) is 8.67. The molecule has 0 spiro atoms. The van der Waals surface area contributed by atoms with Gasteiger partial charge < -0.3 is 16.0 Å². The zero-order valence-corrected chi connectivity index (χ0v) is 19.7. The highest BCUT2D eigenvalue weighted by Crippen LogP contribution is 2.30. The van der Waals surface area contributed by atoms with Gasteiger partial charge in [-0.3, -0.25) is 19.4 Å². The number of carbonyl (C=O) groups is 3. The van der Waals surface area contributed by atoms with E-state index in [2.05, 4.69) is 28.1 Å². The van der Waals surface area contributed by atoms with Crippen molar-refractivity contribution in [1.29, 1.82) is 0 Å². The highest BCUT2D eigenvalue weighted by molar-refractivity contribution is 5.93. The molecule has 32 heavy (non-hydrogen) atoms. The quantitative estimate of drug-likeness (QED) is 0.566. The third-order valence-corrected chi connectivity index (χ3v) is 6.69. The van der Waals surface area contributed by atoms with Crippen molar-refractivity contribution in [2.24, 2.45) is 0 Å². The van der Waals surface area contributed by atoms with Crippen LogP contribution in [0, 0.1) is 0 Å². The number of hydrogen-bond donors (Lipinski definition) is 3. The van der Waals surface area contributed by atoms with Gasteiger partial charge in [0.1, 0.15) is 12.1 Å². The molecule has 3 amide bonds. The monoisotopic (exact) mass is 443 g/mol. The van der Waals surface area contributed by atoms with Crippen molar-refractivity contribution in [3.63, 3.8) is 0 Å². The lowest BCUT2D eigenvalue weighted by Gasteiger charge is -2.35. The van der Waals surface area contributed by atoms with Gasteiger partial charge in [-0.2, -0.15) is 0 Å². The van der Waals surface area contributed by atoms with Crippen molar-refractivity contribution < 1.29 is 14.4 Å². The number of amides is 3. The molecular formula is C24H37N5O3. The Kier molecular flexibility index (Phi) is 8.26. The first-order valence-electron chi connectivity index (χ1n) is 11.8. The molecule has 1 aliphatic heterocycles. The van der Waals surface area contributed by atoms with Crippen LogP contribution in [0.5, 0.6) is 0 Å². The second-order valence-corrected chi connectivity index (χ2v) is 8.67. The van der Waals surface area contributed by atoms with Crippen LogP contribution in [-0.2, 0) is 20.8 Å². The van der Waals surface area contributed by atoms with Crippen molar-refractivity contribution in [3.05, 3.63) is 35.4 Å². The molecule has 1 heterocycles. The first kappa shape index (κ1) is 24.2. The SMILES string of the molecule is CC[C@H](NC(=O)[C@H](C)NC)C(=O)N1[C@H](C(=O)N[C@@H]2CCCc3ccccc32)CCN1CC. The number of likely N-dealkylation sites (N-methyl/N-ethyl adjacent to an activating group) is 1. The average molecular weight is 444 g/mol. The molecule has 1 fully saturated rings. The van der Waals surface area contributed by atoms with Crippen LogP contribution < -0.4 is 16.0 Å². The van der Waals surface area contributed by atoms with E-state index in [0.717, 1.165) is 19.3 Å². The fraction of sp³-hybridized carbons (Fsp3) is 0.625. The van der Waals surface area contributed by atoms with Crippen LogP contribution in [0.3, 0.4) is 0 Å². The molecule has 8 nitrogen and oxygen atoms in total. The second kappa shape index (κ2) is 10.9. The van der Waals surface area contributed by atoms with Gasteiger partial charge in [-0.05, 0) is 57.2 Å². The summed E-state index contributed by atoms with van der Waals surface area (Å²) in [5, 5.41) is 12.4. The molecule has 0 unspecified atom stereocenters. The molecule has 0 saturated carbocycles. The van der Waals surface area contributed by atoms with Gasteiger partial charge in [0.05, 0.1) is 12.1 Å². The molecule has 3 rings (SSSR count). The largest absolute Gasteiger partial charge is 0.347 e. The van der Waals surface area contributed by atoms with Gasteiger partial charge in [-0.1, -0.05) is 38.1 Å². The number of rotatable bonds is 8. The van der Waals surface area contributed by atoms with E-state index < -0.39 is 18.1 Å². The third-order valence-electron chi connectivity index (χ3n) is 6.69. The Morgan fingerprint density at radius 2 is 1.91 bits per heavy atom. The van der Waals surface area contributed by atoms with Gasteiger partial charge in [0, 0.05) is 13.1 Å². The molecule has 1 aromatic rings. The van der Waals surface area contributed by atoms with E-state index in [4.69, 9.17) is 0 Å². The summed E-state index contributed by atoms with van der Waals surface area (Å²) in [6.07, 6.45) is 4.00. The standard InChI is InChI=1S/C24H37N5O3/c1-5-19(26-22(30)16(3)25-4)24(32)29-21(14-15-28(29)6-2)23(31)27-20-13-9-11-17-10-7-8-12-18(17)20/h7-8,10,12,16,19-21,25H,5-6,9,11,13-15H2,1-4H3,(H,26,30)(H,27,31)/t16-,19-,20+,21-/m0/s1. The maximum atomic E-state index is 13.5. The Balaban J connectivity index is 1.75. The lowest BCUT2D eigenvalue weighted by atomic mass is 9.87. The first-order chi connectivity index (χ1) is 15.4. The number of aryl methyl sites for hydroxylation is 1. The van der Waals surface area contributed by atoms with Crippen LogP contribution in [0.4, 0.5) is 0 Å². The van der Waals surface area contributed by atoms with Gasteiger partial charge in [0.2, 0.25) is 11.8 Å². The number of nitrogens with one attached hydrogen (secondary N) is 3. The van der Waals surface area contributed by atoms with Crippen LogP contribution in [0.15, 0.2) is 24.3 Å². The Morgan fingerprint density at radius 1 is 1.16 bits per heavy atom. The molecule has 0 radical (unpaired) electrons. The Hall–Kier alpha value is -2.45. The summed E-state index contributed by atoms with van der Waals surface area (Å²) in [4.78, 5) is 39.2. The van der Waals surface area contributed by atoms with Gasteiger partial charge in [0.25, 0.3) is 5.91 Å². The highest BCUT2D eigenvalue weighted by atomic mass is 16.2. The molecule has 4 atom stereocenters. The number of nitrogens with zero attached hydrogens (tertiary/aromatic N) is 2. The lowest BCUT2D eigenvalue weighted by molar-refractivity contribution is -0.155. The van der Waals surface area contributed by atoms with Crippen molar-refractivity contribution in [2.75, 3.05) is 20.1 Å². The van der Waals surface area contributed by atoms with E-state index >= 15 is 0 Å². The molecule has 0 aromatic heterocycles. The topological polar surface area (TPSA) is 93.8 Å². The summed E-state index contributed by atoms with van der Waals surface area (Å²) >= 11 is 0. The summed E-state index contributed by atoms with van der Waals surface area (Å²) in [5.41, 5.74) is 2.46. The van der Waals surface area contributed by atoms with Crippen LogP contribution >= 0.6 is 0 Å². The molecule has 0 bridgehead atoms. The third kappa shape index (κ3) is 5.13.